The Bertz CT molecular complexity index is 390. The van der Waals surface area contributed by atoms with Gasteiger partial charge in [-0.15, -0.1) is 10.2 Å². The predicted molar refractivity (Wildman–Crippen MR) is 65.1 cm³/mol. The van der Waals surface area contributed by atoms with Crippen LogP contribution in [0.2, 0.25) is 0 Å². The summed E-state index contributed by atoms with van der Waals surface area (Å²) in [5, 5.41) is 10.1. The standard InChI is InChI=1S/C8H16N4O2S2/c1-3-4-9-5-7(2)16(13,14)12-8-11-10-6-15-8/h6-7,9H,3-5H2,1-2H3,(H,11,12). The molecule has 6 nitrogen and oxygen atoms in total. The van der Waals surface area contributed by atoms with Crippen molar-refractivity contribution in [2.75, 3.05) is 17.8 Å². The molecule has 2 N–H and O–H groups in total. The molecule has 0 amide bonds. The average molecular weight is 264 g/mol. The number of nitrogens with one attached hydrogen (secondary N) is 2. The van der Waals surface area contributed by atoms with Gasteiger partial charge in [-0.05, 0) is 19.9 Å². The average Bonchev–Trinajstić information content (AvgIpc) is 2.70. The molecule has 0 spiro atoms. The molecule has 92 valence electrons. The van der Waals surface area contributed by atoms with Gasteiger partial charge >= 0.3 is 0 Å². The lowest BCUT2D eigenvalue weighted by Gasteiger charge is -2.13. The van der Waals surface area contributed by atoms with Gasteiger partial charge in [-0.2, -0.15) is 0 Å². The third kappa shape index (κ3) is 4.03. The Morgan fingerprint density at radius 2 is 2.31 bits per heavy atom. The highest BCUT2D eigenvalue weighted by molar-refractivity contribution is 7.93. The molecule has 1 heterocycles. The van der Waals surface area contributed by atoms with Crippen LogP contribution >= 0.6 is 11.3 Å². The summed E-state index contributed by atoms with van der Waals surface area (Å²) in [6, 6.07) is 0. The van der Waals surface area contributed by atoms with Gasteiger partial charge in [-0.25, -0.2) is 8.42 Å². The number of anilines is 1. The van der Waals surface area contributed by atoms with Gasteiger partial charge in [0.2, 0.25) is 15.2 Å². The molecule has 0 saturated carbocycles. The Morgan fingerprint density at radius 3 is 2.88 bits per heavy atom. The molecule has 1 atom stereocenters. The summed E-state index contributed by atoms with van der Waals surface area (Å²) in [6.45, 7) is 4.94. The summed E-state index contributed by atoms with van der Waals surface area (Å²) >= 11 is 1.16. The third-order valence-electron chi connectivity index (χ3n) is 1.98. The van der Waals surface area contributed by atoms with Gasteiger partial charge in [-0.1, -0.05) is 18.3 Å². The van der Waals surface area contributed by atoms with E-state index in [1.807, 2.05) is 6.92 Å². The minimum Gasteiger partial charge on any atom is -0.315 e. The van der Waals surface area contributed by atoms with Gasteiger partial charge in [0.25, 0.3) is 0 Å². The topological polar surface area (TPSA) is 84.0 Å². The zero-order valence-electron chi connectivity index (χ0n) is 9.30. The van der Waals surface area contributed by atoms with Crippen LogP contribution in [0.15, 0.2) is 5.51 Å². The molecule has 0 bridgehead atoms. The Morgan fingerprint density at radius 1 is 1.56 bits per heavy atom. The van der Waals surface area contributed by atoms with Gasteiger partial charge < -0.3 is 5.32 Å². The summed E-state index contributed by atoms with van der Waals surface area (Å²) in [5.74, 6) is 0. The van der Waals surface area contributed by atoms with Gasteiger partial charge in [0.1, 0.15) is 5.51 Å². The van der Waals surface area contributed by atoms with Gasteiger partial charge in [0.05, 0.1) is 5.25 Å². The van der Waals surface area contributed by atoms with Crippen LogP contribution in [0.25, 0.3) is 0 Å². The lowest BCUT2D eigenvalue weighted by atomic mass is 10.4. The highest BCUT2D eigenvalue weighted by Gasteiger charge is 2.21. The van der Waals surface area contributed by atoms with Crippen LogP contribution in [-0.4, -0.2) is 37.0 Å². The molecule has 1 aromatic heterocycles. The number of hydrogen-bond donors (Lipinski definition) is 2. The molecule has 1 unspecified atom stereocenters. The number of rotatable bonds is 7. The number of aromatic nitrogens is 2. The second-order valence-corrected chi connectivity index (χ2v) is 6.34. The molecule has 0 aliphatic heterocycles. The van der Waals surface area contributed by atoms with Crippen LogP contribution < -0.4 is 10.0 Å². The molecule has 0 aliphatic carbocycles. The molecule has 0 saturated heterocycles. The first-order valence-corrected chi connectivity index (χ1v) is 7.47. The molecule has 8 heteroatoms. The molecule has 16 heavy (non-hydrogen) atoms. The molecular formula is C8H16N4O2S2. The smallest absolute Gasteiger partial charge is 0.238 e. The van der Waals surface area contributed by atoms with E-state index < -0.39 is 15.3 Å². The fourth-order valence-electron chi connectivity index (χ4n) is 1.03. The second kappa shape index (κ2) is 6.12. The van der Waals surface area contributed by atoms with Crippen molar-refractivity contribution < 1.29 is 8.42 Å². The largest absolute Gasteiger partial charge is 0.315 e. The Labute approximate surface area is 99.5 Å². The fourth-order valence-corrected chi connectivity index (χ4v) is 2.68. The zero-order chi connectivity index (χ0) is 12.0. The first-order valence-electron chi connectivity index (χ1n) is 5.04. The number of sulfonamides is 1. The highest BCUT2D eigenvalue weighted by atomic mass is 32.2. The van der Waals surface area contributed by atoms with Crippen LogP contribution in [0.1, 0.15) is 20.3 Å². The summed E-state index contributed by atoms with van der Waals surface area (Å²) in [7, 11) is -3.37. The van der Waals surface area contributed by atoms with E-state index in [1.165, 1.54) is 5.51 Å². The van der Waals surface area contributed by atoms with E-state index in [0.717, 1.165) is 24.3 Å². The Balaban J connectivity index is 2.50. The monoisotopic (exact) mass is 264 g/mol. The molecule has 0 radical (unpaired) electrons. The zero-order valence-corrected chi connectivity index (χ0v) is 10.9. The van der Waals surface area contributed by atoms with Crippen molar-refractivity contribution >= 4 is 26.5 Å². The van der Waals surface area contributed by atoms with E-state index in [0.29, 0.717) is 11.7 Å². The molecule has 0 aromatic carbocycles. The second-order valence-electron chi connectivity index (χ2n) is 3.41. The molecular weight excluding hydrogens is 248 g/mol. The van der Waals surface area contributed by atoms with E-state index in [-0.39, 0.29) is 0 Å². The van der Waals surface area contributed by atoms with E-state index in [4.69, 9.17) is 0 Å². The van der Waals surface area contributed by atoms with Crippen LogP contribution in [0, 0.1) is 0 Å². The Hall–Kier alpha value is -0.730. The van der Waals surface area contributed by atoms with Crippen molar-refractivity contribution in [1.29, 1.82) is 0 Å². The first kappa shape index (κ1) is 13.3. The van der Waals surface area contributed by atoms with Gasteiger partial charge in [0.15, 0.2) is 0 Å². The maximum absolute atomic E-state index is 11.8. The van der Waals surface area contributed by atoms with Crippen LogP contribution in [0.4, 0.5) is 5.13 Å². The lowest BCUT2D eigenvalue weighted by molar-refractivity contribution is 0.575. The van der Waals surface area contributed by atoms with Crippen molar-refractivity contribution in [2.24, 2.45) is 0 Å². The minimum atomic E-state index is -3.37. The normalized spacial score (nSPS) is 13.6. The van der Waals surface area contributed by atoms with Crippen molar-refractivity contribution in [3.05, 3.63) is 5.51 Å². The van der Waals surface area contributed by atoms with Crippen molar-refractivity contribution in [1.82, 2.24) is 15.5 Å². The van der Waals surface area contributed by atoms with E-state index in [2.05, 4.69) is 20.2 Å². The minimum absolute atomic E-state index is 0.308. The lowest BCUT2D eigenvalue weighted by Crippen LogP contribution is -2.35. The van der Waals surface area contributed by atoms with Crippen molar-refractivity contribution in [3.8, 4) is 0 Å². The van der Waals surface area contributed by atoms with Crippen LogP contribution in [0.3, 0.4) is 0 Å². The van der Waals surface area contributed by atoms with Crippen molar-refractivity contribution in [2.45, 2.75) is 25.5 Å². The number of nitrogens with zero attached hydrogens (tertiary/aromatic N) is 2. The fraction of sp³-hybridized carbons (Fsp3) is 0.750. The quantitative estimate of drug-likeness (QED) is 0.707. The van der Waals surface area contributed by atoms with Crippen LogP contribution in [-0.2, 0) is 10.0 Å². The predicted octanol–water partition coefficient (Wildman–Crippen LogP) is 0.668. The molecule has 1 aromatic rings. The van der Waals surface area contributed by atoms with Crippen molar-refractivity contribution in [3.63, 3.8) is 0 Å². The van der Waals surface area contributed by atoms with E-state index >= 15 is 0 Å². The maximum Gasteiger partial charge on any atom is 0.238 e. The summed E-state index contributed by atoms with van der Waals surface area (Å²) in [5.41, 5.74) is 1.48. The maximum atomic E-state index is 11.8. The molecule has 1 rings (SSSR count). The SMILES string of the molecule is CCCNCC(C)S(=O)(=O)Nc1nncs1. The van der Waals surface area contributed by atoms with Gasteiger partial charge in [-0.3, -0.25) is 4.72 Å². The van der Waals surface area contributed by atoms with E-state index in [1.54, 1.807) is 6.92 Å². The summed E-state index contributed by atoms with van der Waals surface area (Å²) in [4.78, 5) is 0. The summed E-state index contributed by atoms with van der Waals surface area (Å²) in [6.07, 6.45) is 0.983. The highest BCUT2D eigenvalue weighted by Crippen LogP contribution is 2.12. The number of hydrogen-bond acceptors (Lipinski definition) is 6. The third-order valence-corrected chi connectivity index (χ3v) is 4.42. The van der Waals surface area contributed by atoms with E-state index in [9.17, 15) is 8.42 Å². The first-order chi connectivity index (χ1) is 7.56. The van der Waals surface area contributed by atoms with Crippen LogP contribution in [0.5, 0.6) is 0 Å². The Kier molecular flexibility index (Phi) is 5.10. The molecule has 0 aliphatic rings. The summed E-state index contributed by atoms with van der Waals surface area (Å²) < 4.78 is 26.0. The van der Waals surface area contributed by atoms with Gasteiger partial charge in [0, 0.05) is 6.54 Å². The molecule has 0 fully saturated rings.